The molecule has 0 aliphatic heterocycles. The zero-order chi connectivity index (χ0) is 10.4. The van der Waals surface area contributed by atoms with Gasteiger partial charge in [0.2, 0.25) is 0 Å². The van der Waals surface area contributed by atoms with Crippen LogP contribution in [-0.4, -0.2) is 18.5 Å². The van der Waals surface area contributed by atoms with E-state index in [4.69, 9.17) is 0 Å². The minimum Gasteiger partial charge on any atom is -0.374 e. The van der Waals surface area contributed by atoms with E-state index in [0.717, 1.165) is 18.7 Å². The molecule has 0 unspecified atom stereocenters. The van der Waals surface area contributed by atoms with E-state index in [-0.39, 0.29) is 0 Å². The Morgan fingerprint density at radius 2 is 1.92 bits per heavy atom. The molecule has 0 aromatic carbocycles. The van der Waals surface area contributed by atoms with Crippen molar-refractivity contribution in [3.05, 3.63) is 37.1 Å². The van der Waals surface area contributed by atoms with Crippen LogP contribution in [0.15, 0.2) is 37.1 Å². The van der Waals surface area contributed by atoms with Crippen LogP contribution in [0.5, 0.6) is 0 Å². The maximum atomic E-state index is 4.03. The fourth-order valence-corrected chi connectivity index (χ4v) is 0.921. The Kier molecular flexibility index (Phi) is 5.20. The number of likely N-dealkylation sites (N-methyl/N-ethyl adjacent to an activating group) is 1. The summed E-state index contributed by atoms with van der Waals surface area (Å²) in [6.45, 7) is 16.9. The number of allylic oxidation sites excluding steroid dienone is 1. The third kappa shape index (κ3) is 4.56. The molecule has 0 aliphatic carbocycles. The summed E-state index contributed by atoms with van der Waals surface area (Å²) >= 11 is 0. The molecule has 13 heavy (non-hydrogen) atoms. The van der Waals surface area contributed by atoms with Gasteiger partial charge < -0.3 is 4.90 Å². The largest absolute Gasteiger partial charge is 0.374 e. The topological polar surface area (TPSA) is 3.24 Å². The van der Waals surface area contributed by atoms with Crippen LogP contribution in [0.4, 0.5) is 0 Å². The molecule has 1 nitrogen and oxygen atoms in total. The molecule has 0 aromatic heterocycles. The normalized spacial score (nSPS) is 9.85. The van der Waals surface area contributed by atoms with Gasteiger partial charge in [-0.05, 0) is 5.92 Å². The maximum absolute atomic E-state index is 4.03. The number of nitrogens with zero attached hydrogens (tertiary/aromatic N) is 1. The van der Waals surface area contributed by atoms with Crippen LogP contribution in [0, 0.1) is 5.92 Å². The summed E-state index contributed by atoms with van der Waals surface area (Å²) in [6.07, 6.45) is 2.72. The zero-order valence-electron chi connectivity index (χ0n) is 9.14. The van der Waals surface area contributed by atoms with Gasteiger partial charge in [-0.15, -0.1) is 6.58 Å². The predicted octanol–water partition coefficient (Wildman–Crippen LogP) is 3.22. The van der Waals surface area contributed by atoms with Crippen LogP contribution >= 0.6 is 0 Å². The highest BCUT2D eigenvalue weighted by molar-refractivity contribution is 5.06. The van der Waals surface area contributed by atoms with Crippen molar-refractivity contribution >= 4 is 0 Å². The third-order valence-electron chi connectivity index (χ3n) is 2.18. The summed E-state index contributed by atoms with van der Waals surface area (Å²) in [5.41, 5.74) is 2.34. The monoisotopic (exact) mass is 179 g/mol. The third-order valence-corrected chi connectivity index (χ3v) is 2.18. The van der Waals surface area contributed by atoms with E-state index in [1.807, 2.05) is 13.1 Å². The van der Waals surface area contributed by atoms with Crippen molar-refractivity contribution < 1.29 is 0 Å². The Bertz CT molecular complexity index is 201. The van der Waals surface area contributed by atoms with Gasteiger partial charge in [0.15, 0.2) is 0 Å². The van der Waals surface area contributed by atoms with E-state index >= 15 is 0 Å². The molecule has 0 saturated heterocycles. The smallest absolute Gasteiger partial charge is 0.0382 e. The Hall–Kier alpha value is -0.980. The molecule has 0 atom stereocenters. The van der Waals surface area contributed by atoms with Crippen LogP contribution in [-0.2, 0) is 0 Å². The minimum absolute atomic E-state index is 0.541. The number of rotatable bonds is 6. The Morgan fingerprint density at radius 3 is 2.31 bits per heavy atom. The fraction of sp³-hybridized carbons (Fsp3) is 0.500. The van der Waals surface area contributed by atoms with Crippen molar-refractivity contribution in [2.45, 2.75) is 20.3 Å². The van der Waals surface area contributed by atoms with Gasteiger partial charge in [-0.2, -0.15) is 0 Å². The quantitative estimate of drug-likeness (QED) is 0.566. The minimum atomic E-state index is 0.541. The Morgan fingerprint density at radius 1 is 1.38 bits per heavy atom. The Balaban J connectivity index is 3.99. The second-order valence-electron chi connectivity index (χ2n) is 3.73. The van der Waals surface area contributed by atoms with E-state index in [2.05, 4.69) is 38.5 Å². The zero-order valence-corrected chi connectivity index (χ0v) is 9.14. The molecule has 0 amide bonds. The molecule has 0 aromatic rings. The van der Waals surface area contributed by atoms with E-state index in [0.29, 0.717) is 5.92 Å². The number of hydrogen-bond acceptors (Lipinski definition) is 1. The van der Waals surface area contributed by atoms with Gasteiger partial charge in [-0.1, -0.05) is 38.7 Å². The van der Waals surface area contributed by atoms with Gasteiger partial charge >= 0.3 is 0 Å². The van der Waals surface area contributed by atoms with Gasteiger partial charge in [0, 0.05) is 25.7 Å². The molecular weight excluding hydrogens is 158 g/mol. The molecule has 0 heterocycles. The molecule has 1 heteroatoms. The maximum Gasteiger partial charge on any atom is 0.0382 e. The summed E-state index contributed by atoms with van der Waals surface area (Å²) in [4.78, 5) is 2.13. The first-order chi connectivity index (χ1) is 5.99. The molecule has 0 N–H and O–H groups in total. The highest BCUT2D eigenvalue weighted by atomic mass is 15.1. The highest BCUT2D eigenvalue weighted by Crippen LogP contribution is 2.12. The molecule has 0 rings (SSSR count). The lowest BCUT2D eigenvalue weighted by molar-refractivity contribution is 0.431. The highest BCUT2D eigenvalue weighted by Gasteiger charge is 2.05. The summed E-state index contributed by atoms with van der Waals surface area (Å²) in [7, 11) is 2.04. The fourth-order valence-electron chi connectivity index (χ4n) is 0.921. The standard InChI is InChI=1S/C12H21N/c1-7-8-12(5)13(6)9-11(4)10(2)3/h7,10H,1,4-5,8-9H2,2-3,6H3. The summed E-state index contributed by atoms with van der Waals surface area (Å²) in [5.74, 6) is 0.541. The van der Waals surface area contributed by atoms with E-state index < -0.39 is 0 Å². The molecular formula is C12H21N. The summed E-state index contributed by atoms with van der Waals surface area (Å²) in [5, 5.41) is 0. The van der Waals surface area contributed by atoms with Crippen molar-refractivity contribution in [3.63, 3.8) is 0 Å². The van der Waals surface area contributed by atoms with Crippen LogP contribution in [0.1, 0.15) is 20.3 Å². The predicted molar refractivity (Wildman–Crippen MR) is 60.6 cm³/mol. The van der Waals surface area contributed by atoms with E-state index in [1.54, 1.807) is 0 Å². The second kappa shape index (κ2) is 5.63. The molecule has 0 bridgehead atoms. The van der Waals surface area contributed by atoms with Crippen LogP contribution in [0.2, 0.25) is 0 Å². The lowest BCUT2D eigenvalue weighted by Gasteiger charge is -2.23. The van der Waals surface area contributed by atoms with Gasteiger partial charge in [0.1, 0.15) is 0 Å². The van der Waals surface area contributed by atoms with Crippen LogP contribution in [0.3, 0.4) is 0 Å². The lowest BCUT2D eigenvalue weighted by Crippen LogP contribution is -2.21. The SMILES string of the molecule is C=CCC(=C)N(C)CC(=C)C(C)C. The van der Waals surface area contributed by atoms with Gasteiger partial charge in [-0.25, -0.2) is 0 Å². The average molecular weight is 179 g/mol. The average Bonchev–Trinajstić information content (AvgIpc) is 2.04. The van der Waals surface area contributed by atoms with Crippen LogP contribution in [0.25, 0.3) is 0 Å². The first kappa shape index (κ1) is 12.0. The van der Waals surface area contributed by atoms with Gasteiger partial charge in [0.25, 0.3) is 0 Å². The van der Waals surface area contributed by atoms with Crippen molar-refractivity contribution in [2.24, 2.45) is 5.92 Å². The molecule has 0 saturated carbocycles. The molecule has 74 valence electrons. The first-order valence-electron chi connectivity index (χ1n) is 4.66. The second-order valence-corrected chi connectivity index (χ2v) is 3.73. The van der Waals surface area contributed by atoms with E-state index in [9.17, 15) is 0 Å². The van der Waals surface area contributed by atoms with E-state index in [1.165, 1.54) is 5.57 Å². The van der Waals surface area contributed by atoms with Crippen molar-refractivity contribution in [1.29, 1.82) is 0 Å². The Labute approximate surface area is 82.4 Å². The van der Waals surface area contributed by atoms with Gasteiger partial charge in [0.05, 0.1) is 0 Å². The summed E-state index contributed by atoms with van der Waals surface area (Å²) in [6, 6.07) is 0. The lowest BCUT2D eigenvalue weighted by atomic mass is 10.1. The molecule has 0 radical (unpaired) electrons. The molecule has 0 aliphatic rings. The van der Waals surface area contributed by atoms with Crippen molar-refractivity contribution in [3.8, 4) is 0 Å². The first-order valence-corrected chi connectivity index (χ1v) is 4.66. The molecule has 0 fully saturated rings. The molecule has 0 spiro atoms. The van der Waals surface area contributed by atoms with Crippen molar-refractivity contribution in [1.82, 2.24) is 4.90 Å². The van der Waals surface area contributed by atoms with Crippen LogP contribution < -0.4 is 0 Å². The summed E-state index contributed by atoms with van der Waals surface area (Å²) < 4.78 is 0. The van der Waals surface area contributed by atoms with Gasteiger partial charge in [-0.3, -0.25) is 0 Å². The van der Waals surface area contributed by atoms with Crippen molar-refractivity contribution in [2.75, 3.05) is 13.6 Å². The number of hydrogen-bond donors (Lipinski definition) is 0.